The van der Waals surface area contributed by atoms with E-state index < -0.39 is 11.7 Å². The minimum absolute atomic E-state index is 0.0520. The van der Waals surface area contributed by atoms with Crippen LogP contribution in [-0.4, -0.2) is 20.1 Å². The summed E-state index contributed by atoms with van der Waals surface area (Å²) in [6.45, 7) is -0.0520. The second-order valence-corrected chi connectivity index (χ2v) is 4.92. The molecule has 0 atom stereocenters. The quantitative estimate of drug-likeness (QED) is 0.804. The first-order valence-electron chi connectivity index (χ1n) is 6.77. The summed E-state index contributed by atoms with van der Waals surface area (Å²) in [6.07, 6.45) is -2.87. The van der Waals surface area contributed by atoms with E-state index in [0.29, 0.717) is 16.9 Å². The van der Waals surface area contributed by atoms with E-state index in [1.807, 2.05) is 0 Å². The highest BCUT2D eigenvalue weighted by molar-refractivity contribution is 5.58. The summed E-state index contributed by atoms with van der Waals surface area (Å²) in [6, 6.07) is 11.8. The smallest absolute Gasteiger partial charge is 0.392 e. The zero-order valence-electron chi connectivity index (χ0n) is 11.8. The summed E-state index contributed by atoms with van der Waals surface area (Å²) in [7, 11) is 0. The van der Waals surface area contributed by atoms with Crippen LogP contribution in [-0.2, 0) is 12.8 Å². The highest BCUT2D eigenvalue weighted by Crippen LogP contribution is 2.30. The Hall–Kier alpha value is -2.67. The van der Waals surface area contributed by atoms with Crippen LogP contribution in [0.2, 0.25) is 0 Å². The molecular formula is C16H12F3N3O. The Morgan fingerprint density at radius 2 is 1.61 bits per heavy atom. The van der Waals surface area contributed by atoms with Crippen molar-refractivity contribution in [1.29, 1.82) is 0 Å². The van der Waals surface area contributed by atoms with Gasteiger partial charge in [-0.2, -0.15) is 23.1 Å². The van der Waals surface area contributed by atoms with Gasteiger partial charge in [-0.05, 0) is 29.8 Å². The van der Waals surface area contributed by atoms with Gasteiger partial charge in [0, 0.05) is 5.56 Å². The average Bonchev–Trinajstić information content (AvgIpc) is 3.04. The van der Waals surface area contributed by atoms with Gasteiger partial charge >= 0.3 is 6.18 Å². The first-order valence-corrected chi connectivity index (χ1v) is 6.77. The van der Waals surface area contributed by atoms with Crippen LogP contribution in [0, 0.1) is 0 Å². The maximum absolute atomic E-state index is 12.6. The number of hydrogen-bond acceptors (Lipinski definition) is 3. The molecule has 2 aromatic carbocycles. The van der Waals surface area contributed by atoms with Crippen molar-refractivity contribution in [2.45, 2.75) is 12.8 Å². The fourth-order valence-corrected chi connectivity index (χ4v) is 2.08. The van der Waals surface area contributed by atoms with E-state index in [1.165, 1.54) is 23.1 Å². The summed E-state index contributed by atoms with van der Waals surface area (Å²) in [5.41, 5.74) is 1.79. The van der Waals surface area contributed by atoms with Crippen LogP contribution in [0.5, 0.6) is 0 Å². The van der Waals surface area contributed by atoms with Gasteiger partial charge in [-0.1, -0.05) is 24.3 Å². The van der Waals surface area contributed by atoms with Gasteiger partial charge in [-0.25, -0.2) is 0 Å². The van der Waals surface area contributed by atoms with Crippen LogP contribution < -0.4 is 0 Å². The second-order valence-electron chi connectivity index (χ2n) is 4.92. The Labute approximate surface area is 129 Å². The molecule has 23 heavy (non-hydrogen) atoms. The van der Waals surface area contributed by atoms with E-state index in [0.717, 1.165) is 17.7 Å². The predicted octanol–water partition coefficient (Wildman–Crippen LogP) is 3.45. The van der Waals surface area contributed by atoms with E-state index in [2.05, 4.69) is 10.2 Å². The number of nitrogens with zero attached hydrogens (tertiary/aromatic N) is 3. The van der Waals surface area contributed by atoms with Crippen molar-refractivity contribution in [3.63, 3.8) is 0 Å². The number of alkyl halides is 3. The first-order chi connectivity index (χ1) is 11.0. The molecule has 0 bridgehead atoms. The van der Waals surface area contributed by atoms with E-state index in [9.17, 15) is 13.2 Å². The lowest BCUT2D eigenvalue weighted by molar-refractivity contribution is -0.137. The lowest BCUT2D eigenvalue weighted by Crippen LogP contribution is -2.04. The molecule has 1 heterocycles. The van der Waals surface area contributed by atoms with Crippen molar-refractivity contribution >= 4 is 0 Å². The maximum Gasteiger partial charge on any atom is 0.416 e. The van der Waals surface area contributed by atoms with Gasteiger partial charge in [0.15, 0.2) is 0 Å². The molecule has 118 valence electrons. The minimum Gasteiger partial charge on any atom is -0.392 e. The molecule has 1 N–H and O–H groups in total. The second kappa shape index (κ2) is 5.85. The van der Waals surface area contributed by atoms with Crippen LogP contribution >= 0.6 is 0 Å². The number of aromatic nitrogens is 3. The molecule has 3 rings (SSSR count). The monoisotopic (exact) mass is 319 g/mol. The fraction of sp³-hybridized carbons (Fsp3) is 0.125. The summed E-state index contributed by atoms with van der Waals surface area (Å²) >= 11 is 0. The fourth-order valence-electron chi connectivity index (χ4n) is 2.08. The number of halogens is 3. The SMILES string of the molecule is OCc1ccc(-n2ncc(-c3ccc(C(F)(F)F)cc3)n2)cc1. The van der Waals surface area contributed by atoms with Gasteiger partial charge in [-0.15, -0.1) is 5.10 Å². The Morgan fingerprint density at radius 1 is 0.957 bits per heavy atom. The molecule has 0 saturated carbocycles. The van der Waals surface area contributed by atoms with Gasteiger partial charge in [0.1, 0.15) is 5.69 Å². The predicted molar refractivity (Wildman–Crippen MR) is 77.7 cm³/mol. The number of aliphatic hydroxyl groups is 1. The lowest BCUT2D eigenvalue weighted by Gasteiger charge is -2.06. The third-order valence-corrected chi connectivity index (χ3v) is 3.35. The molecule has 3 aromatic rings. The van der Waals surface area contributed by atoms with Crippen molar-refractivity contribution < 1.29 is 18.3 Å². The summed E-state index contributed by atoms with van der Waals surface area (Å²) < 4.78 is 37.7. The van der Waals surface area contributed by atoms with Crippen LogP contribution in [0.25, 0.3) is 16.9 Å². The molecule has 0 aliphatic carbocycles. The number of benzene rings is 2. The van der Waals surface area contributed by atoms with Crippen LogP contribution in [0.4, 0.5) is 13.2 Å². The zero-order chi connectivity index (χ0) is 16.4. The van der Waals surface area contributed by atoms with Crippen LogP contribution in [0.1, 0.15) is 11.1 Å². The van der Waals surface area contributed by atoms with Crippen molar-refractivity contribution in [1.82, 2.24) is 15.0 Å². The highest BCUT2D eigenvalue weighted by atomic mass is 19.4. The molecule has 0 radical (unpaired) electrons. The van der Waals surface area contributed by atoms with Gasteiger partial charge in [0.05, 0.1) is 24.1 Å². The largest absolute Gasteiger partial charge is 0.416 e. The molecule has 0 fully saturated rings. The number of rotatable bonds is 3. The third kappa shape index (κ3) is 3.24. The maximum atomic E-state index is 12.6. The zero-order valence-corrected chi connectivity index (χ0v) is 11.8. The van der Waals surface area contributed by atoms with Crippen LogP contribution in [0.3, 0.4) is 0 Å². The van der Waals surface area contributed by atoms with Crippen molar-refractivity contribution in [3.8, 4) is 16.9 Å². The Bertz CT molecular complexity index is 793. The van der Waals surface area contributed by atoms with E-state index in [-0.39, 0.29) is 6.61 Å². The number of aliphatic hydroxyl groups excluding tert-OH is 1. The lowest BCUT2D eigenvalue weighted by atomic mass is 10.1. The van der Waals surface area contributed by atoms with Crippen molar-refractivity contribution in [2.24, 2.45) is 0 Å². The van der Waals surface area contributed by atoms with E-state index in [4.69, 9.17) is 5.11 Å². The number of hydrogen-bond donors (Lipinski definition) is 1. The molecular weight excluding hydrogens is 307 g/mol. The summed E-state index contributed by atoms with van der Waals surface area (Å²) in [5, 5.41) is 17.4. The Balaban J connectivity index is 1.86. The Morgan fingerprint density at radius 3 is 2.17 bits per heavy atom. The van der Waals surface area contributed by atoms with E-state index >= 15 is 0 Å². The van der Waals surface area contributed by atoms with Gasteiger partial charge in [-0.3, -0.25) is 0 Å². The molecule has 0 aliphatic heterocycles. The molecule has 0 unspecified atom stereocenters. The topological polar surface area (TPSA) is 50.9 Å². The van der Waals surface area contributed by atoms with E-state index in [1.54, 1.807) is 24.3 Å². The third-order valence-electron chi connectivity index (χ3n) is 3.35. The van der Waals surface area contributed by atoms with Gasteiger partial charge < -0.3 is 5.11 Å². The minimum atomic E-state index is -4.36. The normalized spacial score (nSPS) is 11.7. The summed E-state index contributed by atoms with van der Waals surface area (Å²) in [5.74, 6) is 0. The molecule has 4 nitrogen and oxygen atoms in total. The molecule has 0 aliphatic rings. The average molecular weight is 319 g/mol. The molecule has 1 aromatic heterocycles. The van der Waals surface area contributed by atoms with Crippen molar-refractivity contribution in [3.05, 3.63) is 65.9 Å². The molecule has 7 heteroatoms. The standard InChI is InChI=1S/C16H12F3N3O/c17-16(18,19)13-5-3-12(4-6-13)15-9-20-22(21-15)14-7-1-11(10-23)2-8-14/h1-9,23H,10H2. The molecule has 0 spiro atoms. The van der Waals surface area contributed by atoms with Gasteiger partial charge in [0.2, 0.25) is 0 Å². The van der Waals surface area contributed by atoms with Gasteiger partial charge in [0.25, 0.3) is 0 Å². The molecule has 0 saturated heterocycles. The highest BCUT2D eigenvalue weighted by Gasteiger charge is 2.30. The molecule has 0 amide bonds. The first kappa shape index (κ1) is 15.2. The Kier molecular flexibility index (Phi) is 3.87. The van der Waals surface area contributed by atoms with Crippen molar-refractivity contribution in [2.75, 3.05) is 0 Å². The summed E-state index contributed by atoms with van der Waals surface area (Å²) in [4.78, 5) is 1.38. The van der Waals surface area contributed by atoms with Crippen LogP contribution in [0.15, 0.2) is 54.7 Å².